The first-order chi connectivity index (χ1) is 8.99. The van der Waals surface area contributed by atoms with E-state index in [9.17, 15) is 4.39 Å². The van der Waals surface area contributed by atoms with Gasteiger partial charge in [-0.25, -0.2) is 5.01 Å². The van der Waals surface area contributed by atoms with Gasteiger partial charge in [-0.05, 0) is 18.1 Å². The summed E-state index contributed by atoms with van der Waals surface area (Å²) in [5, 5.41) is 1.75. The molecule has 0 amide bonds. The standard InChI is InChI=1S/C10H5BrFN.C4H12N2/c1-2-7-5-9(11)6-8(3-4-12)10(7)13;1-3-6(5)4-2/h1,5-6H,13H2;3-5H2,1-2H3. The third-order valence-corrected chi connectivity index (χ3v) is 2.75. The molecule has 0 spiro atoms. The van der Waals surface area contributed by atoms with E-state index in [0.29, 0.717) is 16.8 Å². The zero-order valence-corrected chi connectivity index (χ0v) is 12.6. The lowest BCUT2D eigenvalue weighted by Gasteiger charge is -2.07. The van der Waals surface area contributed by atoms with Crippen molar-refractivity contribution >= 4 is 21.6 Å². The van der Waals surface area contributed by atoms with Crippen LogP contribution in [0.25, 0.3) is 0 Å². The van der Waals surface area contributed by atoms with Crippen LogP contribution in [0.15, 0.2) is 16.6 Å². The van der Waals surface area contributed by atoms with Gasteiger partial charge in [-0.2, -0.15) is 0 Å². The molecule has 0 aromatic heterocycles. The third kappa shape index (κ3) is 6.26. The molecule has 0 radical (unpaired) electrons. The summed E-state index contributed by atoms with van der Waals surface area (Å²) < 4.78 is 12.5. The van der Waals surface area contributed by atoms with Gasteiger partial charge < -0.3 is 5.73 Å². The van der Waals surface area contributed by atoms with Crippen LogP contribution in [0.4, 0.5) is 10.1 Å². The monoisotopic (exact) mass is 325 g/mol. The molecular weight excluding hydrogens is 309 g/mol. The normalized spacial score (nSPS) is 8.89. The second-order valence-electron chi connectivity index (χ2n) is 3.50. The quantitative estimate of drug-likeness (QED) is 0.380. The second-order valence-corrected chi connectivity index (χ2v) is 4.42. The van der Waals surface area contributed by atoms with E-state index in [1.165, 1.54) is 6.17 Å². The van der Waals surface area contributed by atoms with E-state index in [1.807, 2.05) is 13.8 Å². The molecule has 0 aliphatic rings. The molecule has 0 fully saturated rings. The van der Waals surface area contributed by atoms with Crippen LogP contribution in [-0.4, -0.2) is 18.1 Å². The Morgan fingerprint density at radius 1 is 1.32 bits per heavy atom. The summed E-state index contributed by atoms with van der Waals surface area (Å²) >= 11 is 3.22. The molecule has 1 rings (SSSR count). The maximum absolute atomic E-state index is 11.7. The zero-order chi connectivity index (χ0) is 14.8. The summed E-state index contributed by atoms with van der Waals surface area (Å²) in [6, 6.07) is 3.29. The van der Waals surface area contributed by atoms with E-state index in [1.54, 1.807) is 17.1 Å². The van der Waals surface area contributed by atoms with Crippen LogP contribution >= 0.6 is 15.9 Å². The summed E-state index contributed by atoms with van der Waals surface area (Å²) in [6.07, 6.45) is 6.48. The molecule has 4 N–H and O–H groups in total. The topological polar surface area (TPSA) is 55.3 Å². The number of hydrazine groups is 1. The zero-order valence-electron chi connectivity index (χ0n) is 11.0. The maximum Gasteiger partial charge on any atom is 0.111 e. The first-order valence-corrected chi connectivity index (χ1v) is 6.46. The van der Waals surface area contributed by atoms with Crippen LogP contribution in [0.2, 0.25) is 0 Å². The fraction of sp³-hybridized carbons (Fsp3) is 0.286. The SMILES string of the molecule is C#Cc1cc(Br)cc(C#CF)c1N.CCN(N)CC. The number of benzene rings is 1. The molecule has 5 heteroatoms. The van der Waals surface area contributed by atoms with Crippen LogP contribution in [0.5, 0.6) is 0 Å². The molecule has 0 saturated carbocycles. The van der Waals surface area contributed by atoms with Crippen molar-refractivity contribution in [3.8, 4) is 24.4 Å². The number of hydrogen-bond donors (Lipinski definition) is 2. The molecule has 0 aliphatic carbocycles. The fourth-order valence-electron chi connectivity index (χ4n) is 1.12. The maximum atomic E-state index is 11.7. The minimum atomic E-state index is 0.329. The number of nitrogen functional groups attached to an aromatic ring is 1. The Labute approximate surface area is 122 Å². The highest BCUT2D eigenvalue weighted by Crippen LogP contribution is 2.22. The van der Waals surface area contributed by atoms with Crippen molar-refractivity contribution in [2.75, 3.05) is 18.8 Å². The molecule has 19 heavy (non-hydrogen) atoms. The Balaban J connectivity index is 0.000000459. The predicted octanol–water partition coefficient (Wildman–Crippen LogP) is 2.49. The highest BCUT2D eigenvalue weighted by Gasteiger charge is 2.03. The fourth-order valence-corrected chi connectivity index (χ4v) is 1.57. The van der Waals surface area contributed by atoms with E-state index in [0.717, 1.165) is 17.6 Å². The molecule has 1 aromatic carbocycles. The van der Waals surface area contributed by atoms with Gasteiger partial charge in [0.15, 0.2) is 0 Å². The molecule has 0 heterocycles. The second kappa shape index (κ2) is 9.41. The molecule has 0 bridgehead atoms. The number of nitrogens with zero attached hydrogens (tertiary/aromatic N) is 1. The van der Waals surface area contributed by atoms with Crippen LogP contribution < -0.4 is 11.6 Å². The van der Waals surface area contributed by atoms with E-state index >= 15 is 0 Å². The highest BCUT2D eigenvalue weighted by atomic mass is 79.9. The summed E-state index contributed by atoms with van der Waals surface area (Å²) in [7, 11) is 0. The smallest absolute Gasteiger partial charge is 0.111 e. The van der Waals surface area contributed by atoms with Crippen molar-refractivity contribution < 1.29 is 4.39 Å². The predicted molar refractivity (Wildman–Crippen MR) is 81.6 cm³/mol. The van der Waals surface area contributed by atoms with Crippen LogP contribution in [0.1, 0.15) is 25.0 Å². The average Bonchev–Trinajstić information content (AvgIpc) is 2.42. The molecule has 0 aliphatic heterocycles. The molecule has 1 aromatic rings. The van der Waals surface area contributed by atoms with Gasteiger partial charge in [0.1, 0.15) is 6.17 Å². The molecule has 3 nitrogen and oxygen atoms in total. The van der Waals surface area contributed by atoms with Crippen molar-refractivity contribution in [2.24, 2.45) is 5.84 Å². The van der Waals surface area contributed by atoms with Gasteiger partial charge in [-0.15, -0.1) is 10.8 Å². The molecule has 0 saturated heterocycles. The van der Waals surface area contributed by atoms with E-state index in [4.69, 9.17) is 18.0 Å². The van der Waals surface area contributed by atoms with E-state index in [2.05, 4.69) is 27.8 Å². The van der Waals surface area contributed by atoms with Crippen molar-refractivity contribution in [3.63, 3.8) is 0 Å². The summed E-state index contributed by atoms with van der Waals surface area (Å²) in [6.45, 7) is 5.94. The van der Waals surface area contributed by atoms with Crippen LogP contribution in [0.3, 0.4) is 0 Å². The van der Waals surface area contributed by atoms with Gasteiger partial charge in [-0.1, -0.05) is 35.7 Å². The van der Waals surface area contributed by atoms with E-state index < -0.39 is 0 Å². The summed E-state index contributed by atoms with van der Waals surface area (Å²) in [5.41, 5.74) is 6.85. The molecule has 0 atom stereocenters. The Morgan fingerprint density at radius 2 is 1.84 bits per heavy atom. The van der Waals surface area contributed by atoms with Crippen molar-refractivity contribution in [1.29, 1.82) is 0 Å². The number of terminal acetylenes is 1. The molecular formula is C14H17BrFN3. The summed E-state index contributed by atoms with van der Waals surface area (Å²) in [5.74, 6) is 9.92. The Morgan fingerprint density at radius 3 is 2.21 bits per heavy atom. The minimum Gasteiger partial charge on any atom is -0.397 e. The van der Waals surface area contributed by atoms with Gasteiger partial charge in [0.05, 0.1) is 11.3 Å². The van der Waals surface area contributed by atoms with Crippen molar-refractivity contribution in [2.45, 2.75) is 13.8 Å². The van der Waals surface area contributed by atoms with Gasteiger partial charge in [0.25, 0.3) is 0 Å². The number of rotatable bonds is 2. The number of nitrogens with two attached hydrogens (primary N) is 2. The van der Waals surface area contributed by atoms with E-state index in [-0.39, 0.29) is 0 Å². The van der Waals surface area contributed by atoms with Crippen LogP contribution in [-0.2, 0) is 0 Å². The Kier molecular flexibility index (Phi) is 8.65. The third-order valence-electron chi connectivity index (χ3n) is 2.29. The summed E-state index contributed by atoms with van der Waals surface area (Å²) in [4.78, 5) is 0. The first-order valence-electron chi connectivity index (χ1n) is 5.66. The first kappa shape index (κ1) is 17.5. The number of anilines is 1. The lowest BCUT2D eigenvalue weighted by molar-refractivity contribution is 0.316. The number of hydrogen-bond acceptors (Lipinski definition) is 3. The number of halogens is 2. The molecule has 0 unspecified atom stereocenters. The van der Waals surface area contributed by atoms with Gasteiger partial charge in [0, 0.05) is 23.1 Å². The Bertz CT molecular complexity index is 508. The van der Waals surface area contributed by atoms with Gasteiger partial charge >= 0.3 is 0 Å². The largest absolute Gasteiger partial charge is 0.397 e. The molecule has 102 valence electrons. The van der Waals surface area contributed by atoms with Gasteiger partial charge in [0.2, 0.25) is 0 Å². The average molecular weight is 326 g/mol. The Hall–Kier alpha value is -1.53. The van der Waals surface area contributed by atoms with Crippen molar-refractivity contribution in [3.05, 3.63) is 27.7 Å². The van der Waals surface area contributed by atoms with Crippen LogP contribution in [0, 0.1) is 24.4 Å². The lowest BCUT2D eigenvalue weighted by atomic mass is 10.1. The van der Waals surface area contributed by atoms with Crippen molar-refractivity contribution in [1.82, 2.24) is 5.01 Å². The van der Waals surface area contributed by atoms with Gasteiger partial charge in [-0.3, -0.25) is 5.84 Å². The highest BCUT2D eigenvalue weighted by molar-refractivity contribution is 9.10. The lowest BCUT2D eigenvalue weighted by Crippen LogP contribution is -2.29. The minimum absolute atomic E-state index is 0.329.